The molecule has 1 heterocycles. The minimum Gasteiger partial charge on any atom is -0.461 e. The Morgan fingerprint density at radius 2 is 1.93 bits per heavy atom. The molecule has 0 saturated heterocycles. The topological polar surface area (TPSA) is 81.0 Å². The second kappa shape index (κ2) is 7.09. The van der Waals surface area contributed by atoms with Crippen LogP contribution >= 0.6 is 0 Å². The second-order valence-electron chi connectivity index (χ2n) is 6.62. The number of carbonyl (C=O) groups is 1. The van der Waals surface area contributed by atoms with Gasteiger partial charge in [0.1, 0.15) is 5.69 Å². The molecule has 5 nitrogen and oxygen atoms in total. The van der Waals surface area contributed by atoms with Crippen molar-refractivity contribution in [1.29, 1.82) is 5.26 Å². The van der Waals surface area contributed by atoms with Gasteiger partial charge in [-0.1, -0.05) is 30.3 Å². The molecule has 138 valence electrons. The number of nitrogens with zero attached hydrogens (tertiary/aromatic N) is 2. The summed E-state index contributed by atoms with van der Waals surface area (Å²) >= 11 is 0. The van der Waals surface area contributed by atoms with E-state index >= 15 is 0 Å². The van der Waals surface area contributed by atoms with E-state index in [0.717, 1.165) is 27.2 Å². The lowest BCUT2D eigenvalue weighted by molar-refractivity contribution is 0.0515. The van der Waals surface area contributed by atoms with Gasteiger partial charge in [0.2, 0.25) is 0 Å². The molecule has 4 aromatic rings. The van der Waals surface area contributed by atoms with Gasteiger partial charge in [-0.05, 0) is 53.6 Å². The molecular formula is C23H19N3O2. The molecule has 0 spiro atoms. The first-order valence-electron chi connectivity index (χ1n) is 9.08. The Bertz CT molecular complexity index is 1250. The van der Waals surface area contributed by atoms with Gasteiger partial charge >= 0.3 is 5.97 Å². The standard InChI is InChI=1S/C23H19N3O2/c1-2-28-23(27)22-12-17-8-7-15(13-24)9-21(17)26(22)14-18-11-19(25)10-16-5-3-4-6-20(16)18/h3-12H,2,14,25H2,1H3. The van der Waals surface area contributed by atoms with E-state index in [1.165, 1.54) is 0 Å². The number of aromatic nitrogens is 1. The average molecular weight is 369 g/mol. The van der Waals surface area contributed by atoms with Gasteiger partial charge in [0.15, 0.2) is 0 Å². The van der Waals surface area contributed by atoms with Crippen LogP contribution in [-0.4, -0.2) is 17.1 Å². The van der Waals surface area contributed by atoms with E-state index in [1.54, 1.807) is 19.1 Å². The van der Waals surface area contributed by atoms with Gasteiger partial charge in [-0.3, -0.25) is 0 Å². The van der Waals surface area contributed by atoms with E-state index < -0.39 is 0 Å². The van der Waals surface area contributed by atoms with Crippen LogP contribution in [-0.2, 0) is 11.3 Å². The summed E-state index contributed by atoms with van der Waals surface area (Å²) in [5.41, 5.74) is 9.59. The maximum atomic E-state index is 12.6. The first-order chi connectivity index (χ1) is 13.6. The summed E-state index contributed by atoms with van der Waals surface area (Å²) in [6, 6.07) is 21.2. The van der Waals surface area contributed by atoms with Crippen molar-refractivity contribution in [3.63, 3.8) is 0 Å². The number of ether oxygens (including phenoxy) is 1. The van der Waals surface area contributed by atoms with Gasteiger partial charge < -0.3 is 15.0 Å². The van der Waals surface area contributed by atoms with Crippen molar-refractivity contribution in [3.05, 3.63) is 77.5 Å². The van der Waals surface area contributed by atoms with Crippen LogP contribution in [0.4, 0.5) is 5.69 Å². The number of nitrogens with two attached hydrogens (primary N) is 1. The largest absolute Gasteiger partial charge is 0.461 e. The van der Waals surface area contributed by atoms with Crippen LogP contribution in [0.3, 0.4) is 0 Å². The first kappa shape index (κ1) is 17.6. The Kier molecular flexibility index (Phi) is 4.46. The summed E-state index contributed by atoms with van der Waals surface area (Å²) in [6.45, 7) is 2.52. The van der Waals surface area contributed by atoms with Crippen molar-refractivity contribution in [1.82, 2.24) is 4.57 Å². The maximum absolute atomic E-state index is 12.6. The minimum absolute atomic E-state index is 0.297. The summed E-state index contributed by atoms with van der Waals surface area (Å²) in [5, 5.41) is 12.3. The number of hydrogen-bond donors (Lipinski definition) is 1. The van der Waals surface area contributed by atoms with Crippen LogP contribution in [0, 0.1) is 11.3 Å². The molecule has 0 saturated carbocycles. The molecule has 0 aliphatic rings. The molecule has 0 amide bonds. The highest BCUT2D eigenvalue weighted by molar-refractivity contribution is 5.96. The van der Waals surface area contributed by atoms with Crippen LogP contribution < -0.4 is 5.73 Å². The molecule has 3 aromatic carbocycles. The number of rotatable bonds is 4. The van der Waals surface area contributed by atoms with Crippen LogP contribution in [0.15, 0.2) is 60.7 Å². The van der Waals surface area contributed by atoms with Crippen molar-refractivity contribution >= 4 is 33.3 Å². The minimum atomic E-state index is -0.384. The van der Waals surface area contributed by atoms with Gasteiger partial charge in [0, 0.05) is 17.6 Å². The lowest BCUT2D eigenvalue weighted by Gasteiger charge is -2.13. The third-order valence-corrected chi connectivity index (χ3v) is 4.82. The van der Waals surface area contributed by atoms with Crippen LogP contribution in [0.5, 0.6) is 0 Å². The molecule has 2 N–H and O–H groups in total. The summed E-state index contributed by atoms with van der Waals surface area (Å²) in [5.74, 6) is -0.384. The SMILES string of the molecule is CCOC(=O)c1cc2ccc(C#N)cc2n1Cc1cc(N)cc2ccccc12. The quantitative estimate of drug-likeness (QED) is 0.425. The highest BCUT2D eigenvalue weighted by atomic mass is 16.5. The van der Waals surface area contributed by atoms with E-state index in [9.17, 15) is 10.1 Å². The number of hydrogen-bond acceptors (Lipinski definition) is 4. The van der Waals surface area contributed by atoms with Crippen molar-refractivity contribution in [2.45, 2.75) is 13.5 Å². The lowest BCUT2D eigenvalue weighted by Crippen LogP contribution is -2.13. The summed E-state index contributed by atoms with van der Waals surface area (Å²) in [7, 11) is 0. The van der Waals surface area contributed by atoms with E-state index in [-0.39, 0.29) is 5.97 Å². The number of nitriles is 1. The fraction of sp³-hybridized carbons (Fsp3) is 0.130. The average Bonchev–Trinajstić information content (AvgIpc) is 3.05. The van der Waals surface area contributed by atoms with Crippen LogP contribution in [0.1, 0.15) is 28.5 Å². The molecule has 0 aliphatic carbocycles. The van der Waals surface area contributed by atoms with Gasteiger partial charge in [-0.15, -0.1) is 0 Å². The molecule has 28 heavy (non-hydrogen) atoms. The summed E-state index contributed by atoms with van der Waals surface area (Å²) < 4.78 is 7.15. The molecular weight excluding hydrogens is 350 g/mol. The zero-order chi connectivity index (χ0) is 19.7. The molecule has 4 rings (SSSR count). The first-order valence-corrected chi connectivity index (χ1v) is 9.08. The van der Waals surface area contributed by atoms with E-state index in [4.69, 9.17) is 10.5 Å². The fourth-order valence-electron chi connectivity index (χ4n) is 3.59. The highest BCUT2D eigenvalue weighted by Gasteiger charge is 2.18. The molecule has 0 atom stereocenters. The normalized spacial score (nSPS) is 10.9. The van der Waals surface area contributed by atoms with Crippen LogP contribution in [0.25, 0.3) is 21.7 Å². The maximum Gasteiger partial charge on any atom is 0.354 e. The molecule has 0 bridgehead atoms. The third kappa shape index (κ3) is 3.06. The molecule has 0 fully saturated rings. The molecule has 0 radical (unpaired) electrons. The smallest absolute Gasteiger partial charge is 0.354 e. The Morgan fingerprint density at radius 3 is 2.71 bits per heavy atom. The predicted molar refractivity (Wildman–Crippen MR) is 110 cm³/mol. The fourth-order valence-corrected chi connectivity index (χ4v) is 3.59. The molecule has 1 aromatic heterocycles. The zero-order valence-electron chi connectivity index (χ0n) is 15.5. The van der Waals surface area contributed by atoms with Crippen molar-refractivity contribution in [2.24, 2.45) is 0 Å². The van der Waals surface area contributed by atoms with Gasteiger partial charge in [-0.25, -0.2) is 4.79 Å². The molecule has 5 heteroatoms. The number of esters is 1. The number of benzene rings is 3. The highest BCUT2D eigenvalue weighted by Crippen LogP contribution is 2.27. The Hall–Kier alpha value is -3.78. The summed E-state index contributed by atoms with van der Waals surface area (Å²) in [4.78, 5) is 12.6. The summed E-state index contributed by atoms with van der Waals surface area (Å²) in [6.07, 6.45) is 0. The number of nitrogen functional groups attached to an aromatic ring is 1. The van der Waals surface area contributed by atoms with E-state index in [2.05, 4.69) is 6.07 Å². The van der Waals surface area contributed by atoms with Crippen molar-refractivity contribution in [2.75, 3.05) is 12.3 Å². The molecule has 0 unspecified atom stereocenters. The third-order valence-electron chi connectivity index (χ3n) is 4.82. The Balaban J connectivity index is 1.94. The lowest BCUT2D eigenvalue weighted by atomic mass is 10.0. The monoisotopic (exact) mass is 369 g/mol. The van der Waals surface area contributed by atoms with Crippen molar-refractivity contribution in [3.8, 4) is 6.07 Å². The van der Waals surface area contributed by atoms with Crippen LogP contribution in [0.2, 0.25) is 0 Å². The predicted octanol–water partition coefficient (Wildman–Crippen LogP) is 4.47. The van der Waals surface area contributed by atoms with Crippen molar-refractivity contribution < 1.29 is 9.53 Å². The number of fused-ring (bicyclic) bond motifs is 2. The number of anilines is 1. The van der Waals surface area contributed by atoms with Gasteiger partial charge in [0.25, 0.3) is 0 Å². The zero-order valence-corrected chi connectivity index (χ0v) is 15.5. The second-order valence-corrected chi connectivity index (χ2v) is 6.62. The van der Waals surface area contributed by atoms with Gasteiger partial charge in [0.05, 0.1) is 23.8 Å². The Morgan fingerprint density at radius 1 is 1.11 bits per heavy atom. The van der Waals surface area contributed by atoms with E-state index in [0.29, 0.717) is 30.1 Å². The molecule has 0 aliphatic heterocycles. The number of carbonyl (C=O) groups excluding carboxylic acids is 1. The van der Waals surface area contributed by atoms with Gasteiger partial charge in [-0.2, -0.15) is 5.26 Å². The van der Waals surface area contributed by atoms with E-state index in [1.807, 2.05) is 53.1 Å². The Labute approximate surface area is 162 Å².